The van der Waals surface area contributed by atoms with Crippen molar-refractivity contribution in [3.8, 4) is 51.7 Å². The van der Waals surface area contributed by atoms with Gasteiger partial charge in [-0.3, -0.25) is 33.6 Å². The maximum atomic E-state index is 12.9. The van der Waals surface area contributed by atoms with E-state index < -0.39 is 71.3 Å². The van der Waals surface area contributed by atoms with E-state index in [-0.39, 0.29) is 40.4 Å². The second-order valence-electron chi connectivity index (χ2n) is 30.6. The molecule has 0 aromatic heterocycles. The summed E-state index contributed by atoms with van der Waals surface area (Å²) in [6.45, 7) is 7.71. The van der Waals surface area contributed by atoms with E-state index in [1.807, 2.05) is 0 Å². The molecule has 0 bridgehead atoms. The summed E-state index contributed by atoms with van der Waals surface area (Å²) in [7, 11) is 0. The van der Waals surface area contributed by atoms with Crippen molar-refractivity contribution in [2.24, 2.45) is 23.7 Å². The first kappa shape index (κ1) is 91.9. The van der Waals surface area contributed by atoms with Crippen LogP contribution in [0.5, 0.6) is 51.7 Å². The van der Waals surface area contributed by atoms with Gasteiger partial charge in [-0.15, -0.1) is 0 Å². The number of nitrogens with zero attached hydrogens (tertiary/aromatic N) is 3. The summed E-state index contributed by atoms with van der Waals surface area (Å²) in [5, 5.41) is 0. The Balaban J connectivity index is 0.000000175. The minimum absolute atomic E-state index is 0.0338. The Hall–Kier alpha value is -15.3. The second kappa shape index (κ2) is 45.9. The third-order valence-electron chi connectivity index (χ3n) is 21.5. The molecule has 9 aromatic rings. The minimum atomic E-state index is -0.648. The highest BCUT2D eigenvalue weighted by atomic mass is 16.6. The highest BCUT2D eigenvalue weighted by Gasteiger charge is 2.35. The van der Waals surface area contributed by atoms with Crippen LogP contribution in [-0.2, 0) is 47.9 Å². The van der Waals surface area contributed by atoms with Crippen LogP contribution in [0.15, 0.2) is 273 Å². The molecule has 128 heavy (non-hydrogen) atoms. The molecular weight excluding hydrogens is 1630 g/mol. The fourth-order valence-corrected chi connectivity index (χ4v) is 14.5. The molecule has 5 aliphatic rings. The SMILES string of the molecule is CCCCC1CCC(C2CCC(C(=O)Oc3ccc(/C=C/C(=O)Oc4ccc(N5C(=O)C=CC5=O)cc4)cc3)CC2)CC1.CCCCOc1ccc(C(=O)Oc2ccc(/C=C/C(=O)Oc3ccc(C(=O)Oc4ccc(N5C(=O)C=CC5=O)cc4)cc3)cc2)cc1.CCCCOc1ccc(C(=O)Oc2ccc(/C=C/C(=O)Oc3ccc(N4C(=O)C=CC4=O)cc3)cc2)cc1. The number of rotatable bonds is 32. The normalized spacial score (nSPS) is 16.4. The van der Waals surface area contributed by atoms with Crippen LogP contribution in [0.4, 0.5) is 17.1 Å². The Bertz CT molecular complexity index is 5590. The van der Waals surface area contributed by atoms with E-state index in [1.54, 1.807) is 152 Å². The second-order valence-corrected chi connectivity index (χ2v) is 30.6. The molecular formula is C103H95N3O22. The van der Waals surface area contributed by atoms with Crippen molar-refractivity contribution in [1.82, 2.24) is 0 Å². The number of imide groups is 3. The first-order chi connectivity index (χ1) is 62.1. The van der Waals surface area contributed by atoms with Crippen LogP contribution in [0.25, 0.3) is 18.2 Å². The van der Waals surface area contributed by atoms with Crippen LogP contribution in [0, 0.1) is 23.7 Å². The van der Waals surface area contributed by atoms with Crippen molar-refractivity contribution in [2.45, 2.75) is 117 Å². The van der Waals surface area contributed by atoms with Gasteiger partial charge < -0.3 is 42.6 Å². The lowest BCUT2D eigenvalue weighted by atomic mass is 9.68. The molecule has 9 aromatic carbocycles. The molecule has 25 heteroatoms. The van der Waals surface area contributed by atoms with Gasteiger partial charge in [0.1, 0.15) is 51.7 Å². The first-order valence-electron chi connectivity index (χ1n) is 42.5. The van der Waals surface area contributed by atoms with Gasteiger partial charge in [-0.2, -0.15) is 0 Å². The van der Waals surface area contributed by atoms with E-state index in [1.165, 1.54) is 185 Å². The lowest BCUT2D eigenvalue weighted by Gasteiger charge is -2.37. The van der Waals surface area contributed by atoms with Crippen LogP contribution >= 0.6 is 0 Å². The molecule has 0 saturated heterocycles. The van der Waals surface area contributed by atoms with E-state index >= 15 is 0 Å². The first-order valence-corrected chi connectivity index (χ1v) is 42.5. The summed E-state index contributed by atoms with van der Waals surface area (Å²) in [5.74, 6) is -0.0645. The van der Waals surface area contributed by atoms with Gasteiger partial charge in [0.2, 0.25) is 0 Å². The van der Waals surface area contributed by atoms with Gasteiger partial charge in [-0.05, 0) is 286 Å². The van der Waals surface area contributed by atoms with Gasteiger partial charge in [-0.1, -0.05) is 102 Å². The monoisotopic (exact) mass is 1730 g/mol. The Labute approximate surface area is 740 Å². The van der Waals surface area contributed by atoms with Gasteiger partial charge in [0.25, 0.3) is 35.4 Å². The molecule has 3 heterocycles. The van der Waals surface area contributed by atoms with E-state index in [2.05, 4.69) is 20.8 Å². The van der Waals surface area contributed by atoms with E-state index in [0.29, 0.717) is 81.3 Å². The lowest BCUT2D eigenvalue weighted by Crippen LogP contribution is -2.30. The average molecular weight is 1730 g/mol. The van der Waals surface area contributed by atoms with Crippen LogP contribution in [0.2, 0.25) is 0 Å². The largest absolute Gasteiger partial charge is 0.494 e. The molecule has 0 radical (unpaired) electrons. The third kappa shape index (κ3) is 26.9. The molecule has 6 amide bonds. The molecule has 0 unspecified atom stereocenters. The van der Waals surface area contributed by atoms with Crippen LogP contribution in [0.3, 0.4) is 0 Å². The highest BCUT2D eigenvalue weighted by Crippen LogP contribution is 2.43. The van der Waals surface area contributed by atoms with E-state index in [0.717, 1.165) is 89.4 Å². The quantitative estimate of drug-likeness (QED) is 0.0124. The fraction of sp³-hybridized carbons (Fsp3) is 0.233. The number of esters is 7. The zero-order chi connectivity index (χ0) is 90.3. The molecule has 2 fully saturated rings. The van der Waals surface area contributed by atoms with Crippen molar-refractivity contribution in [1.29, 1.82) is 0 Å². The molecule has 0 spiro atoms. The Morgan fingerprint density at radius 3 is 0.828 bits per heavy atom. The molecule has 3 aliphatic heterocycles. The van der Waals surface area contributed by atoms with Crippen LogP contribution in [-0.4, -0.2) is 90.4 Å². The van der Waals surface area contributed by atoms with Crippen LogP contribution in [0.1, 0.15) is 165 Å². The zero-order valence-electron chi connectivity index (χ0n) is 70.9. The van der Waals surface area contributed by atoms with Crippen molar-refractivity contribution < 1.29 is 105 Å². The summed E-state index contributed by atoms with van der Waals surface area (Å²) in [5.41, 5.74) is 4.29. The number of carbonyl (C=O) groups excluding carboxylic acids is 13. The Morgan fingerprint density at radius 2 is 0.539 bits per heavy atom. The average Bonchev–Trinajstić information content (AvgIpc) is 1.65. The zero-order valence-corrected chi connectivity index (χ0v) is 70.9. The smallest absolute Gasteiger partial charge is 0.343 e. The van der Waals surface area contributed by atoms with Crippen molar-refractivity contribution in [3.05, 3.63) is 306 Å². The number of benzene rings is 9. The minimum Gasteiger partial charge on any atom is -0.494 e. The number of hydrogen-bond acceptors (Lipinski definition) is 22. The summed E-state index contributed by atoms with van der Waals surface area (Å²) in [6, 6.07) is 57.8. The molecule has 2 aliphatic carbocycles. The summed E-state index contributed by atoms with van der Waals surface area (Å²) >= 11 is 0. The number of unbranched alkanes of at least 4 members (excludes halogenated alkanes) is 3. The molecule has 0 atom stereocenters. The van der Waals surface area contributed by atoms with Crippen molar-refractivity contribution >= 4 is 113 Å². The molecule has 0 N–H and O–H groups in total. The van der Waals surface area contributed by atoms with Crippen LogP contribution < -0.4 is 57.3 Å². The molecule has 654 valence electrons. The number of hydrogen-bond donors (Lipinski definition) is 0. The Morgan fingerprint density at radius 1 is 0.289 bits per heavy atom. The number of ether oxygens (including phenoxy) is 9. The molecule has 25 nitrogen and oxygen atoms in total. The molecule has 14 rings (SSSR count). The van der Waals surface area contributed by atoms with E-state index in [9.17, 15) is 62.3 Å². The topological polar surface area (TPSA) is 315 Å². The summed E-state index contributed by atoms with van der Waals surface area (Å²) in [4.78, 5) is 161. The summed E-state index contributed by atoms with van der Waals surface area (Å²) < 4.78 is 49.0. The van der Waals surface area contributed by atoms with Gasteiger partial charge in [-0.25, -0.2) is 43.5 Å². The third-order valence-corrected chi connectivity index (χ3v) is 21.5. The number of amides is 6. The maximum absolute atomic E-state index is 12.9. The predicted octanol–water partition coefficient (Wildman–Crippen LogP) is 18.9. The van der Waals surface area contributed by atoms with E-state index in [4.69, 9.17) is 42.6 Å². The van der Waals surface area contributed by atoms with Gasteiger partial charge in [0, 0.05) is 54.7 Å². The Kier molecular flexibility index (Phi) is 33.0. The number of anilines is 3. The van der Waals surface area contributed by atoms with Crippen molar-refractivity contribution in [3.63, 3.8) is 0 Å². The molecule has 2 saturated carbocycles. The van der Waals surface area contributed by atoms with Gasteiger partial charge in [0.05, 0.1) is 52.9 Å². The van der Waals surface area contributed by atoms with Gasteiger partial charge in [0.15, 0.2) is 0 Å². The number of carbonyl (C=O) groups is 13. The lowest BCUT2D eigenvalue weighted by molar-refractivity contribution is -0.140. The van der Waals surface area contributed by atoms with Crippen molar-refractivity contribution in [2.75, 3.05) is 27.9 Å². The fourth-order valence-electron chi connectivity index (χ4n) is 14.5. The standard InChI is InChI=1S/C37H29NO9.C36H41NO6.C30H25NO7/c1-2-3-24-44-29-15-7-26(8-16-29)36(42)46-31-13-4-25(5-14-31)6-23-35(41)45-30-17-9-27(10-18-30)37(43)47-32-19-11-28(12-20-32)38-33(39)21-22-34(38)40;1-2-3-4-25-5-10-27(11-6-25)28-12-14-29(15-13-28)36(41)43-32-18-7-26(8-19-32)9-24-35(40)42-31-20-16-30(17-21-31)37-33(38)22-23-34(37)39;1-2-3-20-36-24-13-7-22(8-14-24)30(35)38-26-11-4-21(5-12-26)6-19-29(34)37-25-15-9-23(10-16-25)31-27(32)17-18-28(31)33/h4-23H,2-3,24H2,1H3;7-9,16-25,27-29H,2-6,10-15H2,1H3;4-19H,2-3,20H2,1H3/b23-6+;24-9+;19-6+. The van der Waals surface area contributed by atoms with Gasteiger partial charge >= 0.3 is 41.8 Å². The maximum Gasteiger partial charge on any atom is 0.343 e. The predicted molar refractivity (Wildman–Crippen MR) is 479 cm³/mol. The summed E-state index contributed by atoms with van der Waals surface area (Å²) in [6.07, 6.45) is 33.4. The highest BCUT2D eigenvalue weighted by molar-refractivity contribution is 6.29.